The number of esters is 1. The molecule has 41 heavy (non-hydrogen) atoms. The number of amides is 3. The summed E-state index contributed by atoms with van der Waals surface area (Å²) in [7, 11) is 0. The van der Waals surface area contributed by atoms with Crippen molar-refractivity contribution >= 4 is 23.9 Å². The first kappa shape index (κ1) is 35.9. The lowest BCUT2D eigenvalue weighted by atomic mass is 9.97. The van der Waals surface area contributed by atoms with Crippen LogP contribution in [0.3, 0.4) is 0 Å². The normalized spacial score (nSPS) is 12.8. The van der Waals surface area contributed by atoms with Crippen molar-refractivity contribution in [3.8, 4) is 0 Å². The minimum absolute atomic E-state index is 0.0282. The lowest BCUT2D eigenvalue weighted by Gasteiger charge is -2.35. The number of benzene rings is 1. The quantitative estimate of drug-likeness (QED) is 0.178. The van der Waals surface area contributed by atoms with Crippen LogP contribution in [0.15, 0.2) is 24.3 Å². The Balaban J connectivity index is 3.37. The summed E-state index contributed by atoms with van der Waals surface area (Å²) in [4.78, 5) is 54.1. The lowest BCUT2D eigenvalue weighted by Crippen LogP contribution is -2.55. The maximum Gasteiger partial charge on any atom is 0.408 e. The maximum absolute atomic E-state index is 14.2. The molecule has 0 radical (unpaired) electrons. The number of aryl methyl sites for hydroxylation is 1. The van der Waals surface area contributed by atoms with Crippen LogP contribution in [0.5, 0.6) is 0 Å². The summed E-state index contributed by atoms with van der Waals surface area (Å²) in [6.07, 6.45) is 5.43. The average molecular weight is 576 g/mol. The molecule has 0 aliphatic heterocycles. The molecule has 2 unspecified atom stereocenters. The highest BCUT2D eigenvalue weighted by atomic mass is 16.6. The van der Waals surface area contributed by atoms with E-state index < -0.39 is 35.7 Å². The molecule has 0 aliphatic carbocycles. The van der Waals surface area contributed by atoms with E-state index in [2.05, 4.69) is 17.6 Å². The molecular formula is C32H53N3O6. The highest BCUT2D eigenvalue weighted by Crippen LogP contribution is 2.25. The number of rotatable bonds is 17. The zero-order valence-electron chi connectivity index (χ0n) is 26.5. The fourth-order valence-corrected chi connectivity index (χ4v) is 4.39. The van der Waals surface area contributed by atoms with E-state index in [9.17, 15) is 19.2 Å². The molecule has 0 bridgehead atoms. The topological polar surface area (TPSA) is 114 Å². The largest absolute Gasteiger partial charge is 0.466 e. The summed E-state index contributed by atoms with van der Waals surface area (Å²) in [5, 5.41) is 5.59. The standard InChI is InChI=1S/C32H53N3O6/c1-9-11-12-13-14-15-22-35(30(38)27(23(3)4)34-31(39)41-32(6,7)8)28(25-18-16-24(5)17-19-25)29(37)33-21-20-26(36)40-10-2/h16-19,23,27-28H,9-15,20-22H2,1-8H3,(H,33,37)(H,34,39). The molecule has 0 saturated carbocycles. The van der Waals surface area contributed by atoms with Crippen molar-refractivity contribution in [1.29, 1.82) is 0 Å². The van der Waals surface area contributed by atoms with E-state index in [4.69, 9.17) is 9.47 Å². The second-order valence-corrected chi connectivity index (χ2v) is 11.8. The van der Waals surface area contributed by atoms with Gasteiger partial charge in [-0.15, -0.1) is 0 Å². The summed E-state index contributed by atoms with van der Waals surface area (Å²) in [5.41, 5.74) is 0.954. The number of carbonyl (C=O) groups excluding carboxylic acids is 4. The summed E-state index contributed by atoms with van der Waals surface area (Å²) < 4.78 is 10.4. The van der Waals surface area contributed by atoms with Crippen molar-refractivity contribution in [3.63, 3.8) is 0 Å². The molecule has 3 amide bonds. The van der Waals surface area contributed by atoms with Gasteiger partial charge in [-0.05, 0) is 52.5 Å². The predicted octanol–water partition coefficient (Wildman–Crippen LogP) is 5.84. The van der Waals surface area contributed by atoms with E-state index in [1.807, 2.05) is 45.0 Å². The van der Waals surface area contributed by atoms with Gasteiger partial charge < -0.3 is 25.0 Å². The number of nitrogens with zero attached hydrogens (tertiary/aromatic N) is 1. The second kappa shape index (κ2) is 18.4. The van der Waals surface area contributed by atoms with Crippen molar-refractivity contribution in [2.24, 2.45) is 5.92 Å². The number of unbranched alkanes of at least 4 members (excludes halogenated alkanes) is 5. The smallest absolute Gasteiger partial charge is 0.408 e. The summed E-state index contributed by atoms with van der Waals surface area (Å²) in [5.74, 6) is -1.41. The fraction of sp³-hybridized carbons (Fsp3) is 0.688. The molecule has 0 saturated heterocycles. The van der Waals surface area contributed by atoms with Crippen LogP contribution in [-0.2, 0) is 23.9 Å². The van der Waals surface area contributed by atoms with Crippen molar-refractivity contribution in [3.05, 3.63) is 35.4 Å². The van der Waals surface area contributed by atoms with Gasteiger partial charge in [0.05, 0.1) is 13.0 Å². The number of hydrogen-bond donors (Lipinski definition) is 2. The van der Waals surface area contributed by atoms with E-state index in [0.717, 1.165) is 37.7 Å². The van der Waals surface area contributed by atoms with Crippen molar-refractivity contribution in [2.75, 3.05) is 19.7 Å². The molecule has 1 aromatic carbocycles. The van der Waals surface area contributed by atoms with Crippen LogP contribution in [0.4, 0.5) is 4.79 Å². The minimum Gasteiger partial charge on any atom is -0.466 e. The molecule has 1 rings (SSSR count). The third kappa shape index (κ3) is 13.9. The molecule has 2 atom stereocenters. The molecule has 0 aromatic heterocycles. The van der Waals surface area contributed by atoms with Gasteiger partial charge in [0.1, 0.15) is 17.7 Å². The molecule has 0 aliphatic rings. The number of carbonyl (C=O) groups is 4. The lowest BCUT2D eigenvalue weighted by molar-refractivity contribution is -0.144. The van der Waals surface area contributed by atoms with Gasteiger partial charge in [-0.1, -0.05) is 82.7 Å². The first-order valence-corrected chi connectivity index (χ1v) is 15.1. The fourth-order valence-electron chi connectivity index (χ4n) is 4.39. The van der Waals surface area contributed by atoms with Gasteiger partial charge >= 0.3 is 12.1 Å². The van der Waals surface area contributed by atoms with Gasteiger partial charge in [0.2, 0.25) is 11.8 Å². The van der Waals surface area contributed by atoms with Crippen LogP contribution in [-0.4, -0.2) is 60.1 Å². The number of ether oxygens (including phenoxy) is 2. The highest BCUT2D eigenvalue weighted by molar-refractivity contribution is 5.92. The first-order chi connectivity index (χ1) is 19.3. The second-order valence-electron chi connectivity index (χ2n) is 11.8. The van der Waals surface area contributed by atoms with Crippen LogP contribution in [0, 0.1) is 12.8 Å². The zero-order chi connectivity index (χ0) is 31.0. The molecule has 9 heteroatoms. The van der Waals surface area contributed by atoms with Crippen molar-refractivity contribution < 1.29 is 28.7 Å². The van der Waals surface area contributed by atoms with Gasteiger partial charge in [-0.3, -0.25) is 14.4 Å². The summed E-state index contributed by atoms with van der Waals surface area (Å²) in [6.45, 7) is 15.5. The maximum atomic E-state index is 14.2. The van der Waals surface area contributed by atoms with Crippen LogP contribution in [0.25, 0.3) is 0 Å². The monoisotopic (exact) mass is 575 g/mol. The minimum atomic E-state index is -0.942. The Bertz CT molecular complexity index is 955. The van der Waals surface area contributed by atoms with Crippen LogP contribution < -0.4 is 10.6 Å². The zero-order valence-corrected chi connectivity index (χ0v) is 26.5. The molecule has 0 spiro atoms. The van der Waals surface area contributed by atoms with Gasteiger partial charge in [-0.25, -0.2) is 4.79 Å². The Kier molecular flexibility index (Phi) is 16.1. The molecule has 9 nitrogen and oxygen atoms in total. The van der Waals surface area contributed by atoms with Gasteiger partial charge in [0.15, 0.2) is 0 Å². The SMILES string of the molecule is CCCCCCCCN(C(=O)C(NC(=O)OC(C)(C)C)C(C)C)C(C(=O)NCCC(=O)OCC)c1ccc(C)cc1. The van der Waals surface area contributed by atoms with Gasteiger partial charge in [0, 0.05) is 13.1 Å². The van der Waals surface area contributed by atoms with Crippen LogP contribution in [0.1, 0.15) is 111 Å². The summed E-state index contributed by atoms with van der Waals surface area (Å²) in [6, 6.07) is 5.66. The van der Waals surface area contributed by atoms with E-state index in [-0.39, 0.29) is 31.4 Å². The Morgan fingerprint density at radius 3 is 2.10 bits per heavy atom. The summed E-state index contributed by atoms with van der Waals surface area (Å²) >= 11 is 0. The Labute approximate surface area is 247 Å². The molecule has 0 heterocycles. The third-order valence-electron chi connectivity index (χ3n) is 6.53. The molecular weight excluding hydrogens is 522 g/mol. The van der Waals surface area contributed by atoms with E-state index in [0.29, 0.717) is 18.5 Å². The average Bonchev–Trinajstić information content (AvgIpc) is 2.88. The van der Waals surface area contributed by atoms with Crippen LogP contribution >= 0.6 is 0 Å². The van der Waals surface area contributed by atoms with Crippen molar-refractivity contribution in [1.82, 2.24) is 15.5 Å². The molecule has 0 fully saturated rings. The Morgan fingerprint density at radius 2 is 1.54 bits per heavy atom. The highest BCUT2D eigenvalue weighted by Gasteiger charge is 2.37. The first-order valence-electron chi connectivity index (χ1n) is 15.1. The van der Waals surface area contributed by atoms with Crippen molar-refractivity contribution in [2.45, 2.75) is 118 Å². The predicted molar refractivity (Wildman–Crippen MR) is 161 cm³/mol. The molecule has 1 aromatic rings. The van der Waals surface area contributed by atoms with Gasteiger partial charge in [0.25, 0.3) is 0 Å². The third-order valence-corrected chi connectivity index (χ3v) is 6.53. The number of alkyl carbamates (subject to hydrolysis) is 1. The van der Waals surface area contributed by atoms with Crippen LogP contribution in [0.2, 0.25) is 0 Å². The molecule has 2 N–H and O–H groups in total. The molecule has 232 valence electrons. The van der Waals surface area contributed by atoms with E-state index >= 15 is 0 Å². The number of nitrogens with one attached hydrogen (secondary N) is 2. The van der Waals surface area contributed by atoms with Gasteiger partial charge in [-0.2, -0.15) is 0 Å². The van der Waals surface area contributed by atoms with E-state index in [1.54, 1.807) is 32.6 Å². The Morgan fingerprint density at radius 1 is 0.927 bits per heavy atom. The van der Waals surface area contributed by atoms with E-state index in [1.165, 1.54) is 0 Å². The number of hydrogen-bond acceptors (Lipinski definition) is 6. The Hall–Kier alpha value is -3.10.